The minimum Gasteiger partial charge on any atom is -0.508 e. The van der Waals surface area contributed by atoms with Crippen molar-refractivity contribution in [2.45, 2.75) is 52.9 Å². The molecule has 1 fully saturated rings. The summed E-state index contributed by atoms with van der Waals surface area (Å²) in [5.74, 6) is 1.09. The standard InChI is InChI=1S/C36H44O6/c1-21(2)8-7-9-22(3)27-20-28-23(4)16-29(27)36(35(28)25-12-15-31(39)34(18-25)42-6)32(40)19-26(37)13-10-24-11-14-30(38)33(17-24)41-5/h8,10-19,22,27-29,35-39H,7,9,20H2,1-6H3/b13-10+,26-19-/t22?,27-,28?,29?,35+,36-/m1/s1. The number of carbonyl (C=O) groups is 1. The molecule has 6 heteroatoms. The van der Waals surface area contributed by atoms with Crippen LogP contribution in [0.4, 0.5) is 0 Å². The van der Waals surface area contributed by atoms with Crippen LogP contribution in [0.3, 0.4) is 0 Å². The third kappa shape index (κ3) is 6.75. The molecule has 42 heavy (non-hydrogen) atoms. The van der Waals surface area contributed by atoms with E-state index in [-0.39, 0.29) is 46.7 Å². The maximum absolute atomic E-state index is 14.1. The Hall–Kier alpha value is -3.93. The first kappa shape index (κ1) is 31.0. The molecule has 0 aliphatic heterocycles. The molecule has 6 nitrogen and oxygen atoms in total. The molecule has 0 radical (unpaired) electrons. The summed E-state index contributed by atoms with van der Waals surface area (Å²) < 4.78 is 10.6. The Morgan fingerprint density at radius 1 is 1.05 bits per heavy atom. The van der Waals surface area contributed by atoms with Crippen molar-refractivity contribution in [2.24, 2.45) is 29.6 Å². The van der Waals surface area contributed by atoms with E-state index in [0.29, 0.717) is 28.9 Å². The van der Waals surface area contributed by atoms with Crippen molar-refractivity contribution < 1.29 is 29.6 Å². The van der Waals surface area contributed by atoms with E-state index in [9.17, 15) is 20.1 Å². The van der Waals surface area contributed by atoms with Crippen LogP contribution in [-0.2, 0) is 4.79 Å². The first-order chi connectivity index (χ1) is 20.0. The van der Waals surface area contributed by atoms with Crippen molar-refractivity contribution in [3.05, 3.63) is 88.7 Å². The van der Waals surface area contributed by atoms with Crippen LogP contribution in [0.1, 0.15) is 64.0 Å². The maximum Gasteiger partial charge on any atom is 0.163 e. The third-order valence-corrected chi connectivity index (χ3v) is 9.06. The molecular weight excluding hydrogens is 528 g/mol. The average molecular weight is 573 g/mol. The first-order valence-electron chi connectivity index (χ1n) is 14.7. The van der Waals surface area contributed by atoms with Gasteiger partial charge in [0.25, 0.3) is 0 Å². The normalized spacial score (nSPS) is 24.3. The molecule has 0 spiro atoms. The Morgan fingerprint density at radius 3 is 2.38 bits per heavy atom. The van der Waals surface area contributed by atoms with Gasteiger partial charge in [-0.1, -0.05) is 48.4 Å². The molecule has 3 N–H and O–H groups in total. The third-order valence-electron chi connectivity index (χ3n) is 9.06. The molecule has 2 aromatic rings. The van der Waals surface area contributed by atoms with Crippen molar-refractivity contribution in [1.82, 2.24) is 0 Å². The maximum atomic E-state index is 14.1. The summed E-state index contributed by atoms with van der Waals surface area (Å²) in [7, 11) is 3.00. The predicted molar refractivity (Wildman–Crippen MR) is 167 cm³/mol. The van der Waals surface area contributed by atoms with Crippen LogP contribution < -0.4 is 9.47 Å². The molecule has 2 bridgehead atoms. The van der Waals surface area contributed by atoms with Crippen LogP contribution >= 0.6 is 0 Å². The Bertz CT molecular complexity index is 1410. The van der Waals surface area contributed by atoms with Crippen LogP contribution in [0.25, 0.3) is 6.08 Å². The Morgan fingerprint density at radius 2 is 1.71 bits per heavy atom. The number of phenols is 2. The zero-order chi connectivity index (χ0) is 30.6. The van der Waals surface area contributed by atoms with Crippen molar-refractivity contribution >= 4 is 11.9 Å². The fourth-order valence-corrected chi connectivity index (χ4v) is 6.91. The van der Waals surface area contributed by atoms with Crippen LogP contribution in [0, 0.1) is 29.6 Å². The zero-order valence-electron chi connectivity index (χ0n) is 25.5. The van der Waals surface area contributed by atoms with Crippen LogP contribution in [0.5, 0.6) is 23.0 Å². The number of ketones is 1. The minimum atomic E-state index is -0.359. The number of aliphatic hydroxyl groups is 1. The molecule has 5 rings (SSSR count). The van der Waals surface area contributed by atoms with Gasteiger partial charge >= 0.3 is 0 Å². The van der Waals surface area contributed by atoms with Crippen LogP contribution in [0.15, 0.2) is 77.6 Å². The van der Waals surface area contributed by atoms with Crippen LogP contribution in [0.2, 0.25) is 0 Å². The molecule has 2 aromatic carbocycles. The van der Waals surface area contributed by atoms with Gasteiger partial charge in [-0.15, -0.1) is 0 Å². The van der Waals surface area contributed by atoms with Gasteiger partial charge in [0.05, 0.1) is 14.2 Å². The fourth-order valence-electron chi connectivity index (χ4n) is 6.91. The smallest absolute Gasteiger partial charge is 0.163 e. The van der Waals surface area contributed by atoms with Crippen LogP contribution in [-0.4, -0.2) is 35.3 Å². The highest BCUT2D eigenvalue weighted by Gasteiger charge is 2.51. The number of hydrogen-bond donors (Lipinski definition) is 3. The second-order valence-electron chi connectivity index (χ2n) is 12.0. The number of rotatable bonds is 11. The summed E-state index contributed by atoms with van der Waals surface area (Å²) in [6.45, 7) is 8.70. The van der Waals surface area contributed by atoms with Gasteiger partial charge < -0.3 is 24.8 Å². The summed E-state index contributed by atoms with van der Waals surface area (Å²) >= 11 is 0. The second kappa shape index (κ2) is 13.4. The zero-order valence-corrected chi connectivity index (χ0v) is 25.5. The van der Waals surface area contributed by atoms with E-state index in [0.717, 1.165) is 24.8 Å². The van der Waals surface area contributed by atoms with Gasteiger partial charge in [-0.25, -0.2) is 0 Å². The van der Waals surface area contributed by atoms with Gasteiger partial charge in [-0.3, -0.25) is 4.79 Å². The van der Waals surface area contributed by atoms with Gasteiger partial charge in [-0.05, 0) is 105 Å². The van der Waals surface area contributed by atoms with Gasteiger partial charge in [0.15, 0.2) is 28.8 Å². The highest BCUT2D eigenvalue weighted by molar-refractivity contribution is 5.94. The lowest BCUT2D eigenvalue weighted by Crippen LogP contribution is -2.47. The molecule has 0 aromatic heterocycles. The van der Waals surface area contributed by atoms with E-state index in [1.54, 1.807) is 24.3 Å². The molecule has 0 amide bonds. The Balaban J connectivity index is 1.68. The molecule has 0 saturated heterocycles. The summed E-state index contributed by atoms with van der Waals surface area (Å²) in [6.07, 6.45) is 12.2. The summed E-state index contributed by atoms with van der Waals surface area (Å²) in [6, 6.07) is 10.3. The van der Waals surface area contributed by atoms with E-state index in [1.165, 1.54) is 43.6 Å². The lowest BCUT2D eigenvalue weighted by atomic mass is 9.51. The summed E-state index contributed by atoms with van der Waals surface area (Å²) in [5, 5.41) is 31.0. The monoisotopic (exact) mass is 572 g/mol. The van der Waals surface area contributed by atoms with Crippen molar-refractivity contribution in [2.75, 3.05) is 14.2 Å². The largest absolute Gasteiger partial charge is 0.508 e. The van der Waals surface area contributed by atoms with Gasteiger partial charge in [-0.2, -0.15) is 0 Å². The molecule has 224 valence electrons. The highest BCUT2D eigenvalue weighted by atomic mass is 16.5. The van der Waals surface area contributed by atoms with Gasteiger partial charge in [0.1, 0.15) is 5.76 Å². The molecule has 0 heterocycles. The number of allylic oxidation sites excluding steroid dienone is 6. The Labute approximate surface area is 249 Å². The number of phenolic OH excluding ortho intramolecular Hbond substituents is 2. The quantitative estimate of drug-likeness (QED) is 0.109. The van der Waals surface area contributed by atoms with Crippen molar-refractivity contribution in [1.29, 1.82) is 0 Å². The summed E-state index contributed by atoms with van der Waals surface area (Å²) in [4.78, 5) is 14.1. The lowest BCUT2D eigenvalue weighted by Gasteiger charge is -2.52. The van der Waals surface area contributed by atoms with E-state index in [2.05, 4.69) is 39.8 Å². The molecule has 3 aliphatic rings. The molecule has 3 unspecified atom stereocenters. The highest BCUT2D eigenvalue weighted by Crippen LogP contribution is 2.58. The van der Waals surface area contributed by atoms with Gasteiger partial charge in [0, 0.05) is 17.9 Å². The number of methoxy groups -OCH3 is 2. The van der Waals surface area contributed by atoms with Crippen molar-refractivity contribution in [3.63, 3.8) is 0 Å². The number of aromatic hydroxyl groups is 2. The Kier molecular flexibility index (Phi) is 9.87. The fraction of sp³-hybridized carbons (Fsp3) is 0.417. The first-order valence-corrected chi connectivity index (χ1v) is 14.7. The number of aliphatic hydroxyl groups excluding tert-OH is 1. The number of fused-ring (bicyclic) bond motifs is 2. The molecule has 3 aliphatic carbocycles. The number of hydrogen-bond acceptors (Lipinski definition) is 6. The SMILES string of the molecule is COc1cc(/C=C/C(O)=C/C(=O)[C@H]2C3C=C(C)C(C[C@@H]3C(C)CCC=C(C)C)[C@@H]2c2ccc(O)c(OC)c2)ccc1O. The van der Waals surface area contributed by atoms with Crippen molar-refractivity contribution in [3.8, 4) is 23.0 Å². The average Bonchev–Trinajstić information content (AvgIpc) is 2.96. The molecule has 1 saturated carbocycles. The topological polar surface area (TPSA) is 96.2 Å². The van der Waals surface area contributed by atoms with E-state index >= 15 is 0 Å². The lowest BCUT2D eigenvalue weighted by molar-refractivity contribution is -0.123. The number of ether oxygens (including phenoxy) is 2. The predicted octanol–water partition coefficient (Wildman–Crippen LogP) is 8.13. The number of benzene rings is 2. The van der Waals surface area contributed by atoms with E-state index in [1.807, 2.05) is 12.1 Å². The van der Waals surface area contributed by atoms with Gasteiger partial charge in [0.2, 0.25) is 0 Å². The van der Waals surface area contributed by atoms with E-state index < -0.39 is 0 Å². The molecule has 6 atom stereocenters. The van der Waals surface area contributed by atoms with E-state index in [4.69, 9.17) is 9.47 Å². The summed E-state index contributed by atoms with van der Waals surface area (Å²) in [5.41, 5.74) is 4.28. The molecular formula is C36H44O6. The number of carbonyl (C=O) groups excluding carboxylic acids is 1. The second-order valence-corrected chi connectivity index (χ2v) is 12.0. The minimum absolute atomic E-state index is 0.0295.